The Bertz CT molecular complexity index is 3490. The van der Waals surface area contributed by atoms with E-state index in [1.54, 1.807) is 0 Å². The van der Waals surface area contributed by atoms with Crippen LogP contribution in [0.1, 0.15) is 0 Å². The van der Waals surface area contributed by atoms with E-state index in [1.807, 2.05) is 11.3 Å². The van der Waals surface area contributed by atoms with Crippen LogP contribution in [-0.2, 0) is 0 Å². The number of benzene rings is 11. The van der Waals surface area contributed by atoms with Crippen molar-refractivity contribution in [2.24, 2.45) is 0 Å². The zero-order valence-corrected chi connectivity index (χ0v) is 34.7. The second-order valence-electron chi connectivity index (χ2n) is 16.1. The smallest absolute Gasteiger partial charge is 0.0547 e. The monoisotopic (exact) mass is 805 g/mol. The minimum Gasteiger partial charge on any atom is -0.310 e. The van der Waals surface area contributed by atoms with Gasteiger partial charge in [0.05, 0.1) is 5.69 Å². The second-order valence-corrected chi connectivity index (χ2v) is 17.2. The fourth-order valence-corrected chi connectivity index (χ4v) is 10.6. The van der Waals surface area contributed by atoms with Crippen LogP contribution in [0.25, 0.3) is 97.0 Å². The first kappa shape index (κ1) is 36.1. The molecule has 62 heavy (non-hydrogen) atoms. The Morgan fingerprint density at radius 3 is 1.35 bits per heavy atom. The van der Waals surface area contributed by atoms with Crippen molar-refractivity contribution in [1.82, 2.24) is 0 Å². The minimum atomic E-state index is 1.13. The summed E-state index contributed by atoms with van der Waals surface area (Å²) in [4.78, 5) is 2.47. The Morgan fingerprint density at radius 1 is 0.290 bits per heavy atom. The van der Waals surface area contributed by atoms with Crippen molar-refractivity contribution in [3.8, 4) is 44.5 Å². The quantitative estimate of drug-likeness (QED) is 0.155. The average Bonchev–Trinajstić information content (AvgIpc) is 3.74. The molecule has 1 aromatic heterocycles. The summed E-state index contributed by atoms with van der Waals surface area (Å²) < 4.78 is 2.60. The zero-order valence-electron chi connectivity index (χ0n) is 33.9. The highest BCUT2D eigenvalue weighted by molar-refractivity contribution is 7.26. The van der Waals surface area contributed by atoms with Gasteiger partial charge in [-0.3, -0.25) is 0 Å². The van der Waals surface area contributed by atoms with Crippen LogP contribution in [0.5, 0.6) is 0 Å². The van der Waals surface area contributed by atoms with Crippen LogP contribution < -0.4 is 4.90 Å². The maximum atomic E-state index is 2.47. The van der Waals surface area contributed by atoms with Crippen molar-refractivity contribution in [3.05, 3.63) is 237 Å². The molecule has 0 saturated heterocycles. The van der Waals surface area contributed by atoms with E-state index in [9.17, 15) is 0 Å². The van der Waals surface area contributed by atoms with Crippen LogP contribution in [0.15, 0.2) is 237 Å². The van der Waals surface area contributed by atoms with E-state index >= 15 is 0 Å². The lowest BCUT2D eigenvalue weighted by atomic mass is 9.92. The fraction of sp³-hybridized carbons (Fsp3) is 0. The Kier molecular flexibility index (Phi) is 8.76. The van der Waals surface area contributed by atoms with Gasteiger partial charge in [0, 0.05) is 42.3 Å². The number of hydrogen-bond donors (Lipinski definition) is 0. The van der Waals surface area contributed by atoms with Crippen molar-refractivity contribution in [3.63, 3.8) is 0 Å². The number of hydrogen-bond acceptors (Lipinski definition) is 2. The maximum absolute atomic E-state index is 2.47. The van der Waals surface area contributed by atoms with Gasteiger partial charge in [0.2, 0.25) is 0 Å². The fourth-order valence-electron chi connectivity index (χ4n) is 9.34. The van der Waals surface area contributed by atoms with Crippen molar-refractivity contribution < 1.29 is 0 Å². The van der Waals surface area contributed by atoms with Gasteiger partial charge < -0.3 is 4.90 Å². The molecule has 0 aliphatic heterocycles. The summed E-state index contributed by atoms with van der Waals surface area (Å²) in [5, 5.41) is 9.96. The van der Waals surface area contributed by atoms with Crippen LogP contribution in [0.4, 0.5) is 17.1 Å². The number of fused-ring (bicyclic) bond motifs is 7. The molecular formula is C60H39NS. The van der Waals surface area contributed by atoms with Crippen LogP contribution in [0, 0.1) is 0 Å². The van der Waals surface area contributed by atoms with Gasteiger partial charge in [0.25, 0.3) is 0 Å². The van der Waals surface area contributed by atoms with E-state index < -0.39 is 0 Å². The maximum Gasteiger partial charge on any atom is 0.0547 e. The molecular weight excluding hydrogens is 767 g/mol. The normalized spacial score (nSPS) is 11.5. The van der Waals surface area contributed by atoms with Gasteiger partial charge in [0.1, 0.15) is 0 Å². The molecule has 1 heterocycles. The summed E-state index contributed by atoms with van der Waals surface area (Å²) in [6.07, 6.45) is 0. The molecule has 1 nitrogen and oxygen atoms in total. The standard InChI is InChI=1S/C60H39NS/c1-3-14-40(15-4-1)48-34-49(41-16-5-2-6-17-41)36-50(35-48)44-26-28-45(29-27-44)53-24-13-25-58-59(53)56-39-57(54-22-11-12-23-55(54)60(56)62-58)61(51-32-30-42-18-7-9-20-46(42)37-51)52-33-31-43-19-8-10-21-47(43)38-52/h1-39H. The first-order valence-corrected chi connectivity index (χ1v) is 22.0. The molecule has 0 spiro atoms. The van der Waals surface area contributed by atoms with Crippen LogP contribution in [0.2, 0.25) is 0 Å². The molecule has 0 aliphatic rings. The third kappa shape index (κ3) is 6.32. The third-order valence-electron chi connectivity index (χ3n) is 12.4. The van der Waals surface area contributed by atoms with E-state index in [1.165, 1.54) is 97.0 Å². The Hall–Kier alpha value is -7.78. The van der Waals surface area contributed by atoms with Crippen molar-refractivity contribution in [1.29, 1.82) is 0 Å². The lowest BCUT2D eigenvalue weighted by Crippen LogP contribution is -2.10. The first-order chi connectivity index (χ1) is 30.7. The molecule has 12 aromatic rings. The van der Waals surface area contributed by atoms with Crippen molar-refractivity contribution >= 4 is 80.9 Å². The van der Waals surface area contributed by atoms with Crippen LogP contribution in [-0.4, -0.2) is 0 Å². The summed E-state index contributed by atoms with van der Waals surface area (Å²) >= 11 is 1.90. The number of anilines is 3. The molecule has 0 aliphatic carbocycles. The van der Waals surface area contributed by atoms with E-state index in [0.717, 1.165) is 17.1 Å². The number of rotatable bonds is 7. The predicted octanol–water partition coefficient (Wildman–Crippen LogP) is 17.7. The summed E-state index contributed by atoms with van der Waals surface area (Å²) in [7, 11) is 0. The molecule has 0 amide bonds. The first-order valence-electron chi connectivity index (χ1n) is 21.2. The van der Waals surface area contributed by atoms with E-state index in [0.29, 0.717) is 0 Å². The molecule has 290 valence electrons. The van der Waals surface area contributed by atoms with Crippen LogP contribution in [0.3, 0.4) is 0 Å². The number of nitrogens with zero attached hydrogens (tertiary/aromatic N) is 1. The molecule has 2 heteroatoms. The van der Waals surface area contributed by atoms with Gasteiger partial charge in [-0.2, -0.15) is 0 Å². The molecule has 0 fully saturated rings. The summed E-state index contributed by atoms with van der Waals surface area (Å²) in [6.45, 7) is 0. The van der Waals surface area contributed by atoms with Crippen LogP contribution >= 0.6 is 11.3 Å². The minimum absolute atomic E-state index is 1.13. The van der Waals surface area contributed by atoms with E-state index in [2.05, 4.69) is 241 Å². The second kappa shape index (κ2) is 15.0. The van der Waals surface area contributed by atoms with Crippen molar-refractivity contribution in [2.45, 2.75) is 0 Å². The van der Waals surface area contributed by atoms with Crippen molar-refractivity contribution in [2.75, 3.05) is 4.90 Å². The Balaban J connectivity index is 1.04. The van der Waals surface area contributed by atoms with Gasteiger partial charge in [-0.05, 0) is 121 Å². The zero-order chi connectivity index (χ0) is 41.0. The van der Waals surface area contributed by atoms with Gasteiger partial charge in [-0.15, -0.1) is 11.3 Å². The molecule has 0 unspecified atom stereocenters. The third-order valence-corrected chi connectivity index (χ3v) is 13.6. The Morgan fingerprint density at radius 2 is 0.774 bits per heavy atom. The van der Waals surface area contributed by atoms with E-state index in [4.69, 9.17) is 0 Å². The highest BCUT2D eigenvalue weighted by Gasteiger charge is 2.21. The molecule has 11 aromatic carbocycles. The van der Waals surface area contributed by atoms with E-state index in [-0.39, 0.29) is 0 Å². The lowest BCUT2D eigenvalue weighted by molar-refractivity contribution is 1.31. The van der Waals surface area contributed by atoms with Gasteiger partial charge in [-0.1, -0.05) is 182 Å². The molecule has 0 atom stereocenters. The molecule has 0 saturated carbocycles. The topological polar surface area (TPSA) is 3.24 Å². The molecule has 0 bridgehead atoms. The lowest BCUT2D eigenvalue weighted by Gasteiger charge is -2.28. The van der Waals surface area contributed by atoms with Gasteiger partial charge >= 0.3 is 0 Å². The van der Waals surface area contributed by atoms with Gasteiger partial charge in [0.15, 0.2) is 0 Å². The highest BCUT2D eigenvalue weighted by atomic mass is 32.1. The largest absolute Gasteiger partial charge is 0.310 e. The average molecular weight is 806 g/mol. The number of thiophene rings is 1. The summed E-state index contributed by atoms with van der Waals surface area (Å²) in [5.74, 6) is 0. The Labute approximate surface area is 365 Å². The highest BCUT2D eigenvalue weighted by Crippen LogP contribution is 2.49. The molecule has 0 N–H and O–H groups in total. The summed E-state index contributed by atoms with van der Waals surface area (Å²) in [6, 6.07) is 86.8. The SMILES string of the molecule is c1ccc(-c2cc(-c3ccccc3)cc(-c3ccc(-c4cccc5sc6c7ccccc7c(N(c7ccc8ccccc8c7)c7ccc8ccccc8c7)cc6c45)cc3)c2)cc1. The predicted molar refractivity (Wildman–Crippen MR) is 268 cm³/mol. The molecule has 0 radical (unpaired) electrons. The van der Waals surface area contributed by atoms with Gasteiger partial charge in [-0.25, -0.2) is 0 Å². The summed E-state index contributed by atoms with van der Waals surface area (Å²) in [5.41, 5.74) is 13.1. The molecule has 12 rings (SSSR count).